The Labute approximate surface area is 185 Å². The van der Waals surface area contributed by atoms with Crippen molar-refractivity contribution in [3.05, 3.63) is 95.6 Å². The van der Waals surface area contributed by atoms with E-state index in [-0.39, 0.29) is 17.2 Å². The number of carbonyl (C=O) groups excluding carboxylic acids is 2. The lowest BCUT2D eigenvalue weighted by Gasteiger charge is -2.26. The molecule has 0 radical (unpaired) electrons. The number of halogens is 1. The molecule has 1 aliphatic heterocycles. The van der Waals surface area contributed by atoms with E-state index in [1.54, 1.807) is 11.8 Å². The van der Waals surface area contributed by atoms with Crippen LogP contribution in [0, 0.1) is 6.92 Å². The molecule has 1 saturated heterocycles. The van der Waals surface area contributed by atoms with Gasteiger partial charge in [-0.25, -0.2) is 0 Å². The molecule has 0 saturated carbocycles. The molecule has 3 aromatic rings. The summed E-state index contributed by atoms with van der Waals surface area (Å²) in [7, 11) is 0. The van der Waals surface area contributed by atoms with Crippen molar-refractivity contribution >= 4 is 46.6 Å². The summed E-state index contributed by atoms with van der Waals surface area (Å²) in [6.07, 6.45) is 0. The number of para-hydroxylation sites is 1. The number of nitrogens with zero attached hydrogens (tertiary/aromatic N) is 1. The minimum Gasteiger partial charge on any atom is -0.325 e. The van der Waals surface area contributed by atoms with Crippen molar-refractivity contribution in [1.82, 2.24) is 0 Å². The fourth-order valence-corrected chi connectivity index (χ4v) is 4.84. The van der Waals surface area contributed by atoms with Crippen molar-refractivity contribution in [2.45, 2.75) is 17.7 Å². The fraction of sp³-hybridized carbons (Fsp3) is 0.167. The largest absolute Gasteiger partial charge is 0.325 e. The van der Waals surface area contributed by atoms with Crippen LogP contribution in [0.4, 0.5) is 11.4 Å². The van der Waals surface area contributed by atoms with Gasteiger partial charge in [-0.2, -0.15) is 0 Å². The summed E-state index contributed by atoms with van der Waals surface area (Å²) in [6.45, 7) is 2.01. The summed E-state index contributed by atoms with van der Waals surface area (Å²) < 4.78 is 0. The predicted molar refractivity (Wildman–Crippen MR) is 124 cm³/mol. The number of thioether (sulfide) groups is 1. The Morgan fingerprint density at radius 2 is 1.70 bits per heavy atom. The number of benzene rings is 3. The molecular formula is C24H21ClN2O2S. The van der Waals surface area contributed by atoms with Gasteiger partial charge in [0.1, 0.15) is 10.8 Å². The maximum Gasteiger partial charge on any atom is 0.246 e. The molecule has 30 heavy (non-hydrogen) atoms. The second-order valence-electron chi connectivity index (χ2n) is 7.10. The van der Waals surface area contributed by atoms with E-state index in [4.69, 9.17) is 11.6 Å². The molecule has 4 nitrogen and oxygen atoms in total. The second-order valence-corrected chi connectivity index (χ2v) is 8.60. The van der Waals surface area contributed by atoms with Gasteiger partial charge in [-0.15, -0.1) is 23.4 Å². The highest BCUT2D eigenvalue weighted by Gasteiger charge is 2.34. The van der Waals surface area contributed by atoms with Gasteiger partial charge in [0.05, 0.1) is 5.75 Å². The van der Waals surface area contributed by atoms with E-state index in [0.717, 1.165) is 22.4 Å². The normalized spacial score (nSPS) is 17.1. The molecule has 1 heterocycles. The van der Waals surface area contributed by atoms with Gasteiger partial charge in [0.15, 0.2) is 0 Å². The summed E-state index contributed by atoms with van der Waals surface area (Å²) in [6, 6.07) is 24.7. The number of alkyl halides is 1. The minimum absolute atomic E-state index is 0.0894. The Balaban J connectivity index is 1.50. The summed E-state index contributed by atoms with van der Waals surface area (Å²) in [4.78, 5) is 26.9. The molecule has 0 spiro atoms. The smallest absolute Gasteiger partial charge is 0.246 e. The number of hydrogen-bond donors (Lipinski definition) is 1. The maximum absolute atomic E-state index is 12.6. The third-order valence-electron chi connectivity index (χ3n) is 5.03. The Morgan fingerprint density at radius 1 is 1.03 bits per heavy atom. The Bertz CT molecular complexity index is 1060. The summed E-state index contributed by atoms with van der Waals surface area (Å²) >= 11 is 7.90. The lowest BCUT2D eigenvalue weighted by molar-refractivity contribution is -0.116. The molecule has 4 rings (SSSR count). The van der Waals surface area contributed by atoms with E-state index in [2.05, 4.69) is 5.32 Å². The molecule has 2 amide bonds. The average Bonchev–Trinajstić information content (AvgIpc) is 3.16. The highest BCUT2D eigenvalue weighted by atomic mass is 35.5. The lowest BCUT2D eigenvalue weighted by atomic mass is 10.1. The number of anilines is 2. The van der Waals surface area contributed by atoms with E-state index in [1.807, 2.05) is 90.7 Å². The van der Waals surface area contributed by atoms with Crippen molar-refractivity contribution in [2.75, 3.05) is 16.0 Å². The van der Waals surface area contributed by atoms with Crippen molar-refractivity contribution in [2.24, 2.45) is 0 Å². The third-order valence-corrected chi connectivity index (χ3v) is 6.69. The van der Waals surface area contributed by atoms with Crippen LogP contribution < -0.4 is 10.2 Å². The Hall–Kier alpha value is -2.76. The maximum atomic E-state index is 12.6. The molecule has 1 N–H and O–H groups in total. The fourth-order valence-electron chi connectivity index (χ4n) is 3.47. The molecule has 3 aromatic carbocycles. The quantitative estimate of drug-likeness (QED) is 0.522. The van der Waals surface area contributed by atoms with Crippen LogP contribution in [-0.2, 0) is 9.59 Å². The van der Waals surface area contributed by atoms with Crippen LogP contribution in [0.1, 0.15) is 27.4 Å². The van der Waals surface area contributed by atoms with Crippen LogP contribution in [0.2, 0.25) is 0 Å². The summed E-state index contributed by atoms with van der Waals surface area (Å²) in [5, 5.41) is 2.01. The first-order valence-corrected chi connectivity index (χ1v) is 11.1. The molecule has 0 unspecified atom stereocenters. The SMILES string of the molecule is Cc1ccccc1N1C(=O)CS[C@@H]1c1ccc(NC(=O)[C@@H](Cl)c2ccccc2)cc1. The van der Waals surface area contributed by atoms with Gasteiger partial charge in [-0.3, -0.25) is 14.5 Å². The van der Waals surface area contributed by atoms with Crippen molar-refractivity contribution in [3.63, 3.8) is 0 Å². The topological polar surface area (TPSA) is 49.4 Å². The first kappa shape index (κ1) is 20.5. The van der Waals surface area contributed by atoms with E-state index < -0.39 is 5.38 Å². The van der Waals surface area contributed by atoms with Gasteiger partial charge in [0, 0.05) is 11.4 Å². The van der Waals surface area contributed by atoms with Crippen molar-refractivity contribution in [3.8, 4) is 0 Å². The third kappa shape index (κ3) is 4.23. The zero-order valence-corrected chi connectivity index (χ0v) is 18.0. The monoisotopic (exact) mass is 436 g/mol. The number of rotatable bonds is 5. The van der Waals surface area contributed by atoms with Crippen LogP contribution >= 0.6 is 23.4 Å². The minimum atomic E-state index is -0.759. The molecule has 0 aliphatic carbocycles. The van der Waals surface area contributed by atoms with Crippen LogP contribution in [0.25, 0.3) is 0 Å². The molecule has 2 atom stereocenters. The van der Waals surface area contributed by atoms with Gasteiger partial charge in [0.2, 0.25) is 11.8 Å². The highest BCUT2D eigenvalue weighted by molar-refractivity contribution is 8.00. The van der Waals surface area contributed by atoms with Crippen LogP contribution in [0.5, 0.6) is 0 Å². The van der Waals surface area contributed by atoms with Gasteiger partial charge in [-0.1, -0.05) is 60.7 Å². The van der Waals surface area contributed by atoms with Gasteiger partial charge in [0.25, 0.3) is 0 Å². The highest BCUT2D eigenvalue weighted by Crippen LogP contribution is 2.42. The number of amides is 2. The predicted octanol–water partition coefficient (Wildman–Crippen LogP) is 5.69. The van der Waals surface area contributed by atoms with Gasteiger partial charge >= 0.3 is 0 Å². The van der Waals surface area contributed by atoms with Crippen molar-refractivity contribution < 1.29 is 9.59 Å². The molecule has 0 aromatic heterocycles. The van der Waals surface area contributed by atoms with Gasteiger partial charge < -0.3 is 5.32 Å². The van der Waals surface area contributed by atoms with Gasteiger partial charge in [-0.05, 0) is 41.8 Å². The number of aryl methyl sites for hydroxylation is 1. The van der Waals surface area contributed by atoms with E-state index in [9.17, 15) is 9.59 Å². The zero-order chi connectivity index (χ0) is 21.1. The van der Waals surface area contributed by atoms with Crippen LogP contribution in [0.3, 0.4) is 0 Å². The first-order valence-electron chi connectivity index (χ1n) is 9.64. The summed E-state index contributed by atoms with van der Waals surface area (Å²) in [5.41, 5.74) is 4.43. The Kier molecular flexibility index (Phi) is 6.11. The first-order chi connectivity index (χ1) is 14.5. The van der Waals surface area contributed by atoms with E-state index >= 15 is 0 Å². The zero-order valence-electron chi connectivity index (χ0n) is 16.4. The second kappa shape index (κ2) is 8.94. The average molecular weight is 437 g/mol. The van der Waals surface area contributed by atoms with Crippen LogP contribution in [-0.4, -0.2) is 17.6 Å². The molecule has 0 bridgehead atoms. The molecule has 6 heteroatoms. The van der Waals surface area contributed by atoms with E-state index in [0.29, 0.717) is 11.4 Å². The molecular weight excluding hydrogens is 416 g/mol. The Morgan fingerprint density at radius 3 is 2.40 bits per heavy atom. The molecule has 1 aliphatic rings. The number of nitrogens with one attached hydrogen (secondary N) is 1. The number of carbonyl (C=O) groups is 2. The van der Waals surface area contributed by atoms with Crippen LogP contribution in [0.15, 0.2) is 78.9 Å². The lowest BCUT2D eigenvalue weighted by Crippen LogP contribution is -2.28. The van der Waals surface area contributed by atoms with Crippen molar-refractivity contribution in [1.29, 1.82) is 0 Å². The summed E-state index contributed by atoms with van der Waals surface area (Å²) in [5.74, 6) is 0.273. The van der Waals surface area contributed by atoms with E-state index in [1.165, 1.54) is 0 Å². The molecule has 1 fully saturated rings. The molecule has 152 valence electrons. The number of hydrogen-bond acceptors (Lipinski definition) is 3. The standard InChI is InChI=1S/C24H21ClN2O2S/c1-16-7-5-6-10-20(16)27-21(28)15-30-24(27)18-11-13-19(14-12-18)26-23(29)22(25)17-8-3-2-4-9-17/h2-14,22,24H,15H2,1H3,(H,26,29)/t22-,24+/m0/s1.